The minimum atomic E-state index is -0.126. The fourth-order valence-corrected chi connectivity index (χ4v) is 5.92. The minimum absolute atomic E-state index is 0.0578. The summed E-state index contributed by atoms with van der Waals surface area (Å²) in [6.07, 6.45) is 14.4. The second-order valence-corrected chi connectivity index (χ2v) is 11.1. The van der Waals surface area contributed by atoms with Crippen molar-refractivity contribution >= 4 is 17.7 Å². The Kier molecular flexibility index (Phi) is 10.5. The second-order valence-electron chi connectivity index (χ2n) is 9.88. The molecule has 0 amide bonds. The number of benzene rings is 1. The lowest BCUT2D eigenvalue weighted by Crippen LogP contribution is -2.31. The zero-order valence-electron chi connectivity index (χ0n) is 21.1. The van der Waals surface area contributed by atoms with Gasteiger partial charge < -0.3 is 4.74 Å². The molecule has 1 aliphatic rings. The molecule has 1 aromatic carbocycles. The first-order chi connectivity index (χ1) is 16.5. The van der Waals surface area contributed by atoms with Crippen molar-refractivity contribution in [1.82, 2.24) is 4.98 Å². The average molecular weight is 478 g/mol. The number of aromatic nitrogens is 1. The Labute approximate surface area is 210 Å². The number of fused-ring (bicyclic) bond motifs is 1. The fourth-order valence-electron chi connectivity index (χ4n) is 4.37. The van der Waals surface area contributed by atoms with Gasteiger partial charge in [0, 0.05) is 29.5 Å². The molecule has 3 rings (SSSR count). The fraction of sp³-hybridized carbons (Fsp3) is 0.533. The van der Waals surface area contributed by atoms with E-state index in [1.165, 1.54) is 55.4 Å². The number of carbonyl (C=O) groups excluding carboxylic acids is 1. The van der Waals surface area contributed by atoms with E-state index in [-0.39, 0.29) is 16.8 Å². The van der Waals surface area contributed by atoms with Crippen LogP contribution in [0.25, 0.3) is 0 Å². The molecule has 0 N–H and O–H groups in total. The van der Waals surface area contributed by atoms with E-state index >= 15 is 0 Å². The van der Waals surface area contributed by atoms with E-state index in [2.05, 4.69) is 49.7 Å². The van der Waals surface area contributed by atoms with Crippen molar-refractivity contribution in [3.8, 4) is 11.8 Å². The SMILES string of the molecule is CCCCCCCCCCCC(=O)OC1CC(C)(C)c2cc(C#Cc3ccccn3)ccc2S1. The maximum atomic E-state index is 12.5. The summed E-state index contributed by atoms with van der Waals surface area (Å²) in [5, 5.41) is 0. The van der Waals surface area contributed by atoms with E-state index in [1.807, 2.05) is 24.3 Å². The molecule has 2 aromatic rings. The second kappa shape index (κ2) is 13.6. The number of pyridine rings is 1. The molecule has 0 bridgehead atoms. The van der Waals surface area contributed by atoms with E-state index in [9.17, 15) is 4.79 Å². The molecule has 1 atom stereocenters. The van der Waals surface area contributed by atoms with E-state index < -0.39 is 0 Å². The summed E-state index contributed by atoms with van der Waals surface area (Å²) in [5.41, 5.74) is 2.83. The van der Waals surface area contributed by atoms with Gasteiger partial charge in [0.05, 0.1) is 0 Å². The van der Waals surface area contributed by atoms with Crippen LogP contribution >= 0.6 is 11.8 Å². The molecule has 0 saturated carbocycles. The highest BCUT2D eigenvalue weighted by Crippen LogP contribution is 2.46. The Morgan fingerprint density at radius 2 is 1.76 bits per heavy atom. The lowest BCUT2D eigenvalue weighted by atomic mass is 9.80. The molecular formula is C30H39NO2S. The van der Waals surface area contributed by atoms with Crippen molar-refractivity contribution in [1.29, 1.82) is 0 Å². The zero-order valence-corrected chi connectivity index (χ0v) is 21.9. The first-order valence-corrected chi connectivity index (χ1v) is 13.8. The molecule has 4 heteroatoms. The molecule has 0 radical (unpaired) electrons. The molecule has 34 heavy (non-hydrogen) atoms. The van der Waals surface area contributed by atoms with Crippen LogP contribution in [0.4, 0.5) is 0 Å². The van der Waals surface area contributed by atoms with Crippen molar-refractivity contribution in [2.45, 2.75) is 107 Å². The molecule has 3 nitrogen and oxygen atoms in total. The normalized spacial score (nSPS) is 16.3. The Hall–Kier alpha value is -2.25. The highest BCUT2D eigenvalue weighted by atomic mass is 32.2. The van der Waals surface area contributed by atoms with Gasteiger partial charge >= 0.3 is 5.97 Å². The first kappa shape index (κ1) is 26.4. The van der Waals surface area contributed by atoms with Gasteiger partial charge in [0.25, 0.3) is 0 Å². The van der Waals surface area contributed by atoms with Crippen LogP contribution in [0.2, 0.25) is 0 Å². The van der Waals surface area contributed by atoms with E-state index in [1.54, 1.807) is 18.0 Å². The highest BCUT2D eigenvalue weighted by molar-refractivity contribution is 7.99. The predicted molar refractivity (Wildman–Crippen MR) is 142 cm³/mol. The van der Waals surface area contributed by atoms with Crippen molar-refractivity contribution in [3.63, 3.8) is 0 Å². The van der Waals surface area contributed by atoms with Gasteiger partial charge in [0.15, 0.2) is 5.44 Å². The number of esters is 1. The van der Waals surface area contributed by atoms with Gasteiger partial charge in [-0.3, -0.25) is 4.79 Å². The van der Waals surface area contributed by atoms with Crippen LogP contribution in [-0.4, -0.2) is 16.4 Å². The van der Waals surface area contributed by atoms with Gasteiger partial charge in [-0.1, -0.05) is 95.9 Å². The van der Waals surface area contributed by atoms with Gasteiger partial charge in [0.2, 0.25) is 0 Å². The molecule has 2 heterocycles. The van der Waals surface area contributed by atoms with Gasteiger partial charge in [-0.25, -0.2) is 4.98 Å². The Bertz CT molecular complexity index is 974. The Morgan fingerprint density at radius 1 is 1.03 bits per heavy atom. The number of rotatable bonds is 11. The third-order valence-corrected chi connectivity index (χ3v) is 7.53. The van der Waals surface area contributed by atoms with Gasteiger partial charge in [-0.2, -0.15) is 0 Å². The maximum Gasteiger partial charge on any atom is 0.306 e. The molecule has 0 saturated heterocycles. The summed E-state index contributed by atoms with van der Waals surface area (Å²) in [7, 11) is 0. The monoisotopic (exact) mass is 477 g/mol. The molecule has 182 valence electrons. The number of thioether (sulfide) groups is 1. The number of nitrogens with zero attached hydrogens (tertiary/aromatic N) is 1. The molecule has 0 spiro atoms. The van der Waals surface area contributed by atoms with Gasteiger partial charge in [-0.05, 0) is 53.7 Å². The average Bonchev–Trinajstić information content (AvgIpc) is 2.82. The third kappa shape index (κ3) is 8.51. The third-order valence-electron chi connectivity index (χ3n) is 6.39. The topological polar surface area (TPSA) is 39.2 Å². The van der Waals surface area contributed by atoms with E-state index in [4.69, 9.17) is 4.74 Å². The van der Waals surface area contributed by atoms with Gasteiger partial charge in [0.1, 0.15) is 5.69 Å². The summed E-state index contributed by atoms with van der Waals surface area (Å²) in [5.74, 6) is 6.31. The van der Waals surface area contributed by atoms with Crippen molar-refractivity contribution in [3.05, 3.63) is 59.4 Å². The number of carbonyl (C=O) groups is 1. The molecular weight excluding hydrogens is 438 g/mol. The van der Waals surface area contributed by atoms with E-state index in [0.29, 0.717) is 6.42 Å². The summed E-state index contributed by atoms with van der Waals surface area (Å²) in [6, 6.07) is 12.1. The highest BCUT2D eigenvalue weighted by Gasteiger charge is 2.35. The lowest BCUT2D eigenvalue weighted by Gasteiger charge is -2.36. The molecule has 0 aliphatic carbocycles. The van der Waals surface area contributed by atoms with Crippen molar-refractivity contribution < 1.29 is 9.53 Å². The number of ether oxygens (including phenoxy) is 1. The molecule has 1 aliphatic heterocycles. The minimum Gasteiger partial charge on any atom is -0.451 e. The van der Waals surface area contributed by atoms with Crippen LogP contribution in [0.15, 0.2) is 47.5 Å². The van der Waals surface area contributed by atoms with Crippen molar-refractivity contribution in [2.24, 2.45) is 0 Å². The zero-order chi connectivity index (χ0) is 24.2. The number of hydrogen-bond donors (Lipinski definition) is 0. The van der Waals surface area contributed by atoms with Gasteiger partial charge in [-0.15, -0.1) is 0 Å². The number of hydrogen-bond acceptors (Lipinski definition) is 4. The molecule has 1 aromatic heterocycles. The van der Waals surface area contributed by atoms with Crippen LogP contribution in [0, 0.1) is 11.8 Å². The van der Waals surface area contributed by atoms with Crippen LogP contribution in [0.1, 0.15) is 108 Å². The smallest absolute Gasteiger partial charge is 0.306 e. The van der Waals surface area contributed by atoms with E-state index in [0.717, 1.165) is 30.5 Å². The molecule has 1 unspecified atom stereocenters. The summed E-state index contributed by atoms with van der Waals surface area (Å²) >= 11 is 1.66. The predicted octanol–water partition coefficient (Wildman–Crippen LogP) is 8.05. The summed E-state index contributed by atoms with van der Waals surface area (Å²) < 4.78 is 5.88. The van der Waals surface area contributed by atoms with Crippen LogP contribution < -0.4 is 0 Å². The lowest BCUT2D eigenvalue weighted by molar-refractivity contribution is -0.145. The number of unbranched alkanes of at least 4 members (excludes halogenated alkanes) is 8. The standard InChI is InChI=1S/C30H39NO2S/c1-4-5-6-7-8-9-10-11-12-16-28(32)33-29-23-30(2,3)26-22-24(18-20-27(26)34-29)17-19-25-15-13-14-21-31-25/h13-15,18,20-22,29H,4-12,16,23H2,1-3H3. The maximum absolute atomic E-state index is 12.5. The van der Waals surface area contributed by atoms with Crippen LogP contribution in [0.3, 0.4) is 0 Å². The molecule has 0 fully saturated rings. The first-order valence-electron chi connectivity index (χ1n) is 12.9. The quantitative estimate of drug-likeness (QED) is 0.186. The summed E-state index contributed by atoms with van der Waals surface area (Å²) in [6.45, 7) is 6.70. The summed E-state index contributed by atoms with van der Waals surface area (Å²) in [4.78, 5) is 17.9. The Balaban J connectivity index is 1.46. The largest absolute Gasteiger partial charge is 0.451 e. The van der Waals surface area contributed by atoms with Crippen LogP contribution in [0.5, 0.6) is 0 Å². The Morgan fingerprint density at radius 3 is 2.47 bits per heavy atom. The van der Waals surface area contributed by atoms with Crippen LogP contribution in [-0.2, 0) is 14.9 Å². The van der Waals surface area contributed by atoms with Crippen molar-refractivity contribution in [2.75, 3.05) is 0 Å².